The molecule has 4 aliphatic rings. The molecule has 0 aromatic heterocycles. The molecule has 7 atom stereocenters. The van der Waals surface area contributed by atoms with Gasteiger partial charge < -0.3 is 10.2 Å². The third kappa shape index (κ3) is 3.03. The highest BCUT2D eigenvalue weighted by Gasteiger charge is 2.60. The summed E-state index contributed by atoms with van der Waals surface area (Å²) in [5.74, 6) is 2.29. The molecule has 0 aliphatic heterocycles. The Balaban J connectivity index is 1.68. The number of nitrogens with one attached hydrogen (secondary N) is 1. The summed E-state index contributed by atoms with van der Waals surface area (Å²) in [5, 5.41) is 3.60. The smallest absolute Gasteiger partial charge is 0.0149 e. The van der Waals surface area contributed by atoms with E-state index < -0.39 is 0 Å². The zero-order valence-corrected chi connectivity index (χ0v) is 20.4. The lowest BCUT2D eigenvalue weighted by Gasteiger charge is -2.53. The van der Waals surface area contributed by atoms with Crippen LogP contribution >= 0.6 is 0 Å². The normalized spacial score (nSPS) is 44.9. The Labute approximate surface area is 180 Å². The Bertz CT molecular complexity index is 701. The molecule has 0 aromatic rings. The summed E-state index contributed by atoms with van der Waals surface area (Å²) in [6.07, 6.45) is 14.8. The fraction of sp³-hybridized carbons (Fsp3) is 0.852. The third-order valence-electron chi connectivity index (χ3n) is 10.7. The Hall–Kier alpha value is -0.600. The van der Waals surface area contributed by atoms with E-state index in [1.165, 1.54) is 44.9 Å². The molecule has 0 unspecified atom stereocenters. The van der Waals surface area contributed by atoms with Crippen molar-refractivity contribution in [2.75, 3.05) is 21.1 Å². The zero-order valence-electron chi connectivity index (χ0n) is 20.4. The van der Waals surface area contributed by atoms with Gasteiger partial charge in [-0.3, -0.25) is 0 Å². The predicted octanol–water partition coefficient (Wildman–Crippen LogP) is 6.05. The topological polar surface area (TPSA) is 15.3 Å². The second-order valence-electron chi connectivity index (χ2n) is 12.2. The Morgan fingerprint density at radius 1 is 1.00 bits per heavy atom. The van der Waals surface area contributed by atoms with Crippen LogP contribution < -0.4 is 5.32 Å². The summed E-state index contributed by atoms with van der Waals surface area (Å²) in [7, 11) is 6.72. The van der Waals surface area contributed by atoms with E-state index >= 15 is 0 Å². The summed E-state index contributed by atoms with van der Waals surface area (Å²) >= 11 is 0. The van der Waals surface area contributed by atoms with Gasteiger partial charge >= 0.3 is 0 Å². The summed E-state index contributed by atoms with van der Waals surface area (Å²) in [5.41, 5.74) is 4.72. The van der Waals surface area contributed by atoms with Gasteiger partial charge in [0.1, 0.15) is 0 Å². The second-order valence-corrected chi connectivity index (χ2v) is 12.2. The van der Waals surface area contributed by atoms with Crippen LogP contribution in [0.2, 0.25) is 0 Å². The minimum absolute atomic E-state index is 0.366. The van der Waals surface area contributed by atoms with Crippen LogP contribution in [0.5, 0.6) is 0 Å². The minimum Gasteiger partial charge on any atom is -0.317 e. The number of rotatable bonds is 3. The lowest BCUT2D eigenvalue weighted by Crippen LogP contribution is -2.49. The molecule has 0 spiro atoms. The summed E-state index contributed by atoms with van der Waals surface area (Å²) in [4.78, 5) is 2.49. The maximum atomic E-state index is 3.60. The van der Waals surface area contributed by atoms with Crippen LogP contribution in [-0.4, -0.2) is 38.1 Å². The maximum absolute atomic E-state index is 3.60. The molecule has 0 amide bonds. The molecule has 0 aromatic carbocycles. The van der Waals surface area contributed by atoms with E-state index in [-0.39, 0.29) is 0 Å². The third-order valence-corrected chi connectivity index (χ3v) is 10.7. The van der Waals surface area contributed by atoms with Crippen LogP contribution in [0, 0.1) is 34.0 Å². The fourth-order valence-corrected chi connectivity index (χ4v) is 8.69. The molecule has 2 fully saturated rings. The van der Waals surface area contributed by atoms with E-state index in [0.29, 0.717) is 28.3 Å². The molecule has 4 aliphatic carbocycles. The first-order chi connectivity index (χ1) is 13.6. The van der Waals surface area contributed by atoms with E-state index in [4.69, 9.17) is 0 Å². The Morgan fingerprint density at radius 2 is 1.69 bits per heavy atom. The van der Waals surface area contributed by atoms with Crippen LogP contribution in [-0.2, 0) is 0 Å². The van der Waals surface area contributed by atoms with Crippen molar-refractivity contribution < 1.29 is 0 Å². The first kappa shape index (κ1) is 21.6. The molecule has 29 heavy (non-hydrogen) atoms. The van der Waals surface area contributed by atoms with Crippen molar-refractivity contribution in [1.29, 1.82) is 0 Å². The highest BCUT2D eigenvalue weighted by atomic mass is 15.1. The van der Waals surface area contributed by atoms with Crippen molar-refractivity contribution in [3.63, 3.8) is 0 Å². The van der Waals surface area contributed by atoms with Crippen LogP contribution in [0.3, 0.4) is 0 Å². The second kappa shape index (κ2) is 7.23. The first-order valence-corrected chi connectivity index (χ1v) is 12.3. The minimum atomic E-state index is 0.366. The Kier molecular flexibility index (Phi) is 5.39. The van der Waals surface area contributed by atoms with Gasteiger partial charge in [-0.25, -0.2) is 0 Å². The molecule has 164 valence electrons. The van der Waals surface area contributed by atoms with E-state index in [1.807, 2.05) is 0 Å². The standard InChI is InChI=1S/C27H46N2/c1-18(28-6)21-14-16-27(5)23-11-10-22-19(17-20(23)13-15-26(21,27)4)9-12-24(29(7)8)25(22,2)3/h13,17-18,21-24,28H,9-12,14-16H2,1-8H3/t18-,21-,22+,23-,24-,26-,27+/m1/s1. The van der Waals surface area contributed by atoms with E-state index in [1.54, 1.807) is 11.1 Å². The van der Waals surface area contributed by atoms with Crippen LogP contribution in [0.1, 0.15) is 79.6 Å². The van der Waals surface area contributed by atoms with Gasteiger partial charge in [0.2, 0.25) is 0 Å². The largest absolute Gasteiger partial charge is 0.317 e. The van der Waals surface area contributed by atoms with Crippen molar-refractivity contribution in [1.82, 2.24) is 10.2 Å². The van der Waals surface area contributed by atoms with Gasteiger partial charge in [-0.05, 0) is 113 Å². The van der Waals surface area contributed by atoms with Gasteiger partial charge in [0.05, 0.1) is 0 Å². The first-order valence-electron chi connectivity index (χ1n) is 12.3. The van der Waals surface area contributed by atoms with E-state index in [2.05, 4.69) is 78.1 Å². The lowest BCUT2D eigenvalue weighted by molar-refractivity contribution is -0.00117. The SMILES string of the molecule is CN[C@H](C)[C@H]1CC[C@@]2(C)[C@@H]3CC[C@H]4C(=CC3=CC[C@]12C)CC[C@@H](N(C)C)C4(C)C. The van der Waals surface area contributed by atoms with E-state index in [9.17, 15) is 0 Å². The van der Waals surface area contributed by atoms with Crippen molar-refractivity contribution in [2.45, 2.75) is 91.6 Å². The maximum Gasteiger partial charge on any atom is 0.0149 e. The molecular formula is C27H46N2. The fourth-order valence-electron chi connectivity index (χ4n) is 8.69. The molecular weight excluding hydrogens is 352 g/mol. The van der Waals surface area contributed by atoms with Gasteiger partial charge in [-0.2, -0.15) is 0 Å². The van der Waals surface area contributed by atoms with Gasteiger partial charge in [-0.15, -0.1) is 0 Å². The van der Waals surface area contributed by atoms with Crippen LogP contribution in [0.25, 0.3) is 0 Å². The lowest BCUT2D eigenvalue weighted by atomic mass is 9.51. The van der Waals surface area contributed by atoms with Crippen LogP contribution in [0.15, 0.2) is 23.3 Å². The van der Waals surface area contributed by atoms with Gasteiger partial charge in [0, 0.05) is 12.1 Å². The molecule has 2 heteroatoms. The predicted molar refractivity (Wildman–Crippen MR) is 125 cm³/mol. The average molecular weight is 399 g/mol. The molecule has 0 bridgehead atoms. The molecule has 0 radical (unpaired) electrons. The quantitative estimate of drug-likeness (QED) is 0.622. The number of fused-ring (bicyclic) bond motifs is 4. The number of nitrogens with zero attached hydrogens (tertiary/aromatic N) is 1. The monoisotopic (exact) mass is 398 g/mol. The molecule has 4 rings (SSSR count). The summed E-state index contributed by atoms with van der Waals surface area (Å²) < 4.78 is 0. The number of hydrogen-bond donors (Lipinski definition) is 1. The van der Waals surface area contributed by atoms with Crippen molar-refractivity contribution >= 4 is 0 Å². The molecule has 2 saturated carbocycles. The number of allylic oxidation sites excluding steroid dienone is 4. The van der Waals surface area contributed by atoms with Gasteiger partial charge in [-0.1, -0.05) is 45.4 Å². The van der Waals surface area contributed by atoms with Gasteiger partial charge in [0.25, 0.3) is 0 Å². The molecule has 0 saturated heterocycles. The van der Waals surface area contributed by atoms with E-state index in [0.717, 1.165) is 17.8 Å². The highest BCUT2D eigenvalue weighted by Crippen LogP contribution is 2.67. The van der Waals surface area contributed by atoms with Crippen molar-refractivity contribution in [3.8, 4) is 0 Å². The molecule has 2 nitrogen and oxygen atoms in total. The summed E-state index contributed by atoms with van der Waals surface area (Å²) in [6.45, 7) is 12.8. The molecule has 1 N–H and O–H groups in total. The summed E-state index contributed by atoms with van der Waals surface area (Å²) in [6, 6.07) is 1.32. The molecule has 0 heterocycles. The van der Waals surface area contributed by atoms with Gasteiger partial charge in [0.15, 0.2) is 0 Å². The Morgan fingerprint density at radius 3 is 2.34 bits per heavy atom. The van der Waals surface area contributed by atoms with Crippen molar-refractivity contribution in [2.24, 2.45) is 34.0 Å². The van der Waals surface area contributed by atoms with Crippen molar-refractivity contribution in [3.05, 3.63) is 23.3 Å². The average Bonchev–Trinajstić information content (AvgIpc) is 2.80. The number of hydrogen-bond acceptors (Lipinski definition) is 2. The zero-order chi connectivity index (χ0) is 21.2. The van der Waals surface area contributed by atoms with Crippen LogP contribution in [0.4, 0.5) is 0 Å². The highest BCUT2D eigenvalue weighted by molar-refractivity contribution is 5.37.